The molecule has 0 aliphatic carbocycles. The number of hydrogen-bond acceptors (Lipinski definition) is 3. The van der Waals surface area contributed by atoms with E-state index in [-0.39, 0.29) is 24.1 Å². The molecule has 0 atom stereocenters. The van der Waals surface area contributed by atoms with Gasteiger partial charge in [-0.2, -0.15) is 5.26 Å². The van der Waals surface area contributed by atoms with Crippen molar-refractivity contribution < 1.29 is 13.6 Å². The van der Waals surface area contributed by atoms with E-state index in [4.69, 9.17) is 5.26 Å². The van der Waals surface area contributed by atoms with Crippen molar-refractivity contribution >= 4 is 8.32 Å². The molecule has 6 heteroatoms. The average Bonchev–Trinajstić information content (AvgIpc) is 2.35. The minimum Gasteiger partial charge on any atom is -0.432 e. The minimum atomic E-state index is -3.02. The zero-order valence-electron chi connectivity index (χ0n) is 12.2. The van der Waals surface area contributed by atoms with Crippen molar-refractivity contribution in [2.24, 2.45) is 0 Å². The van der Waals surface area contributed by atoms with Crippen LogP contribution in [0.2, 0.25) is 18.1 Å². The maximum atomic E-state index is 14.2. The lowest BCUT2D eigenvalue weighted by atomic mass is 9.98. The highest BCUT2D eigenvalue weighted by atomic mass is 28.4. The van der Waals surface area contributed by atoms with E-state index in [9.17, 15) is 13.6 Å². The smallest absolute Gasteiger partial charge is 0.273 e. The Hall–Kier alpha value is -1.32. The second-order valence-electron chi connectivity index (χ2n) is 6.19. The average molecular weight is 298 g/mol. The van der Waals surface area contributed by atoms with Crippen LogP contribution in [0.5, 0.6) is 0 Å². The summed E-state index contributed by atoms with van der Waals surface area (Å²) < 4.78 is 28.4. The van der Waals surface area contributed by atoms with Crippen molar-refractivity contribution in [2.45, 2.75) is 50.7 Å². The Morgan fingerprint density at radius 1 is 1.35 bits per heavy atom. The summed E-state index contributed by atoms with van der Waals surface area (Å²) >= 11 is 0. The van der Waals surface area contributed by atoms with E-state index in [1.165, 1.54) is 12.3 Å². The first-order valence-electron chi connectivity index (χ1n) is 6.46. The number of pyridine rings is 1. The molecule has 1 heterocycles. The number of rotatable bonds is 5. The van der Waals surface area contributed by atoms with Crippen LogP contribution in [0, 0.1) is 11.3 Å². The summed E-state index contributed by atoms with van der Waals surface area (Å²) in [5, 5.41) is 8.21. The largest absolute Gasteiger partial charge is 0.432 e. The van der Waals surface area contributed by atoms with Crippen molar-refractivity contribution in [3.8, 4) is 6.07 Å². The van der Waals surface area contributed by atoms with Crippen molar-refractivity contribution in [2.75, 3.05) is 0 Å². The molecule has 1 aromatic rings. The van der Waals surface area contributed by atoms with Gasteiger partial charge in [0.15, 0.2) is 8.32 Å². The number of nitrogens with zero attached hydrogens (tertiary/aromatic N) is 2. The third-order valence-electron chi connectivity index (χ3n) is 4.02. The summed E-state index contributed by atoms with van der Waals surface area (Å²) in [6.07, 6.45) is 1.09. The first-order valence-corrected chi connectivity index (χ1v) is 9.41. The number of nitriles is 1. The van der Waals surface area contributed by atoms with E-state index in [1.807, 2.05) is 13.8 Å². The summed E-state index contributed by atoms with van der Waals surface area (Å²) in [6, 6.07) is 4.11. The maximum Gasteiger partial charge on any atom is 0.273 e. The molecule has 1 rings (SSSR count). The fraction of sp³-hybridized carbons (Fsp3) is 0.571. The Bertz CT molecular complexity index is 519. The Morgan fingerprint density at radius 2 is 1.95 bits per heavy atom. The summed E-state index contributed by atoms with van der Waals surface area (Å²) in [4.78, 5) is 13.8. The van der Waals surface area contributed by atoms with Gasteiger partial charge in [-0.25, -0.2) is 13.8 Å². The molecule has 0 amide bonds. The molecule has 0 aliphatic rings. The van der Waals surface area contributed by atoms with Crippen molar-refractivity contribution in [3.05, 3.63) is 29.6 Å². The lowest BCUT2D eigenvalue weighted by Crippen LogP contribution is -2.39. The van der Waals surface area contributed by atoms with E-state index in [0.717, 1.165) is 6.07 Å². The fourth-order valence-corrected chi connectivity index (χ4v) is 2.38. The Morgan fingerprint density at radius 3 is 2.45 bits per heavy atom. The lowest BCUT2D eigenvalue weighted by molar-refractivity contribution is -0.0182. The highest BCUT2D eigenvalue weighted by Crippen LogP contribution is 2.44. The molecule has 0 saturated carbocycles. The molecule has 0 aromatic carbocycles. The molecule has 0 aliphatic heterocycles. The summed E-state index contributed by atoms with van der Waals surface area (Å²) in [7, 11) is -2.50. The number of halogens is 2. The van der Waals surface area contributed by atoms with Gasteiger partial charge in [0.2, 0.25) is 0 Å². The maximum absolute atomic E-state index is 14.2. The molecule has 3 nitrogen and oxygen atoms in total. The molecule has 110 valence electrons. The van der Waals surface area contributed by atoms with Gasteiger partial charge in [0.05, 0.1) is 0 Å². The van der Waals surface area contributed by atoms with Crippen LogP contribution in [-0.2, 0) is 5.92 Å². The van der Waals surface area contributed by atoms with Crippen LogP contribution in [0.25, 0.3) is 0 Å². The molecular formula is C14H20F2N2OSi. The molecule has 0 radical (unpaired) electrons. The van der Waals surface area contributed by atoms with Crippen LogP contribution >= 0.6 is 0 Å². The third kappa shape index (κ3) is 3.84. The molecule has 1 aromatic heterocycles. The van der Waals surface area contributed by atoms with E-state index in [2.05, 4.69) is 4.98 Å². The van der Waals surface area contributed by atoms with E-state index < -0.39 is 19.3 Å². The normalized spacial score (nSPS) is 13.1. The Balaban J connectivity index is 2.88. The first-order chi connectivity index (χ1) is 8.99. The van der Waals surface area contributed by atoms with Gasteiger partial charge in [-0.15, -0.1) is 0 Å². The van der Waals surface area contributed by atoms with Crippen LogP contribution in [0.4, 0.5) is 8.78 Å². The summed E-state index contributed by atoms with van der Waals surface area (Å²) in [5.74, 6) is -3.02. The second-order valence-corrected chi connectivity index (χ2v) is 10.7. The number of alkyl halides is 2. The van der Waals surface area contributed by atoms with Gasteiger partial charge in [0.1, 0.15) is 11.8 Å². The zero-order valence-corrected chi connectivity index (χ0v) is 13.2. The van der Waals surface area contributed by atoms with Gasteiger partial charge < -0.3 is 4.80 Å². The summed E-state index contributed by atoms with van der Waals surface area (Å²) in [6.45, 7) is 7.15. The van der Waals surface area contributed by atoms with Crippen molar-refractivity contribution in [3.63, 3.8) is 0 Å². The van der Waals surface area contributed by atoms with Gasteiger partial charge in [0.25, 0.3) is 5.92 Å². The van der Waals surface area contributed by atoms with Crippen LogP contribution in [0.15, 0.2) is 18.3 Å². The van der Waals surface area contributed by atoms with E-state index in [0.29, 0.717) is 0 Å². The molecule has 0 saturated heterocycles. The van der Waals surface area contributed by atoms with Gasteiger partial charge in [-0.1, -0.05) is 13.8 Å². The van der Waals surface area contributed by atoms with Gasteiger partial charge in [0, 0.05) is 18.2 Å². The number of aromatic nitrogens is 1. The van der Waals surface area contributed by atoms with Crippen LogP contribution < -0.4 is 0 Å². The van der Waals surface area contributed by atoms with Crippen molar-refractivity contribution in [1.82, 2.24) is 4.98 Å². The third-order valence-corrected chi connectivity index (χ3v) is 7.58. The van der Waals surface area contributed by atoms with E-state index in [1.54, 1.807) is 19.2 Å². The Kier molecular flexibility index (Phi) is 4.67. The van der Waals surface area contributed by atoms with Gasteiger partial charge in [-0.05, 0) is 36.7 Å². The standard InChI is InChI=1S/C14H20F2N2OSi/c1-13(2,20(3,4)19)6-7-14(15,16)11-5-8-18-12(9-11)10-17/h5,8-9,19H,6-7H2,1-4H3. The molecule has 0 fully saturated rings. The lowest BCUT2D eigenvalue weighted by Gasteiger charge is -2.36. The van der Waals surface area contributed by atoms with E-state index >= 15 is 0 Å². The highest BCUT2D eigenvalue weighted by Gasteiger charge is 2.41. The zero-order chi connectivity index (χ0) is 15.6. The predicted octanol–water partition coefficient (Wildman–Crippen LogP) is 3.80. The molecule has 0 bridgehead atoms. The monoisotopic (exact) mass is 298 g/mol. The fourth-order valence-electron chi connectivity index (χ4n) is 1.64. The topological polar surface area (TPSA) is 56.9 Å². The molecule has 0 unspecified atom stereocenters. The van der Waals surface area contributed by atoms with Crippen LogP contribution in [-0.4, -0.2) is 18.1 Å². The molecule has 20 heavy (non-hydrogen) atoms. The Labute approximate surface area is 119 Å². The minimum absolute atomic E-state index is 0.0155. The number of hydrogen-bond donors (Lipinski definition) is 1. The highest BCUT2D eigenvalue weighted by molar-refractivity contribution is 6.72. The molecule has 1 N–H and O–H groups in total. The van der Waals surface area contributed by atoms with Crippen LogP contribution in [0.3, 0.4) is 0 Å². The van der Waals surface area contributed by atoms with Crippen molar-refractivity contribution in [1.29, 1.82) is 5.26 Å². The SMILES string of the molecule is CC(C)(CCC(F)(F)c1ccnc(C#N)c1)[Si](C)(C)O. The van der Waals surface area contributed by atoms with Gasteiger partial charge in [-0.3, -0.25) is 0 Å². The summed E-state index contributed by atoms with van der Waals surface area (Å²) in [5.41, 5.74) is -0.212. The predicted molar refractivity (Wildman–Crippen MR) is 75.8 cm³/mol. The van der Waals surface area contributed by atoms with Gasteiger partial charge >= 0.3 is 0 Å². The molecule has 0 spiro atoms. The second kappa shape index (κ2) is 5.58. The molecular weight excluding hydrogens is 278 g/mol. The first kappa shape index (κ1) is 16.7. The van der Waals surface area contributed by atoms with Crippen LogP contribution in [0.1, 0.15) is 37.9 Å². The quantitative estimate of drug-likeness (QED) is 0.841.